The van der Waals surface area contributed by atoms with Crippen LogP contribution in [0.2, 0.25) is 0 Å². The maximum Gasteiger partial charge on any atom is 0.337 e. The van der Waals surface area contributed by atoms with Gasteiger partial charge in [-0.2, -0.15) is 0 Å². The summed E-state index contributed by atoms with van der Waals surface area (Å²) >= 11 is 1.31. The summed E-state index contributed by atoms with van der Waals surface area (Å²) in [6.07, 6.45) is 4.98. The number of rotatable bonds is 10. The molecule has 1 heterocycles. The molecule has 0 aromatic heterocycles. The Labute approximate surface area is 204 Å². The van der Waals surface area contributed by atoms with E-state index in [1.54, 1.807) is 36.3 Å². The van der Waals surface area contributed by atoms with Crippen molar-refractivity contribution >= 4 is 40.6 Å². The van der Waals surface area contributed by atoms with Crippen LogP contribution in [0.4, 0.5) is 5.69 Å². The summed E-state index contributed by atoms with van der Waals surface area (Å²) in [6, 6.07) is 12.4. The van der Waals surface area contributed by atoms with Crippen molar-refractivity contribution in [1.29, 1.82) is 0 Å². The molecule has 0 radical (unpaired) electrons. The van der Waals surface area contributed by atoms with Gasteiger partial charge in [-0.1, -0.05) is 31.9 Å². The highest BCUT2D eigenvalue weighted by molar-refractivity contribution is 8.18. The van der Waals surface area contributed by atoms with Crippen LogP contribution in [-0.4, -0.2) is 49.3 Å². The Kier molecular flexibility index (Phi) is 9.16. The van der Waals surface area contributed by atoms with E-state index in [-0.39, 0.29) is 5.91 Å². The van der Waals surface area contributed by atoms with E-state index in [9.17, 15) is 9.59 Å². The van der Waals surface area contributed by atoms with Crippen molar-refractivity contribution in [2.75, 3.05) is 27.4 Å². The van der Waals surface area contributed by atoms with Crippen LogP contribution in [-0.2, 0) is 9.53 Å². The van der Waals surface area contributed by atoms with Crippen LogP contribution in [0.25, 0.3) is 6.08 Å². The molecule has 7 nitrogen and oxygen atoms in total. The average molecular weight is 483 g/mol. The van der Waals surface area contributed by atoms with E-state index < -0.39 is 5.97 Å². The van der Waals surface area contributed by atoms with E-state index >= 15 is 0 Å². The molecule has 0 atom stereocenters. The van der Waals surface area contributed by atoms with Gasteiger partial charge in [-0.3, -0.25) is 9.69 Å². The van der Waals surface area contributed by atoms with Crippen LogP contribution >= 0.6 is 11.8 Å². The van der Waals surface area contributed by atoms with E-state index in [1.165, 1.54) is 18.9 Å². The lowest BCUT2D eigenvalue weighted by Gasteiger charge is -2.14. The predicted octanol–water partition coefficient (Wildman–Crippen LogP) is 5.67. The molecule has 1 aliphatic heterocycles. The molecule has 0 N–H and O–H groups in total. The minimum atomic E-state index is -0.406. The molecule has 1 amide bonds. The number of unbranched alkanes of at least 4 members (excludes halogenated alkanes) is 2. The van der Waals surface area contributed by atoms with Crippen LogP contribution in [0, 0.1) is 0 Å². The van der Waals surface area contributed by atoms with E-state index in [4.69, 9.17) is 14.2 Å². The third-order valence-corrected chi connectivity index (χ3v) is 6.23. The Morgan fingerprint density at radius 1 is 1.09 bits per heavy atom. The lowest BCUT2D eigenvalue weighted by atomic mass is 10.1. The number of aliphatic imine (C=N–C) groups is 1. The number of amidine groups is 1. The van der Waals surface area contributed by atoms with Gasteiger partial charge >= 0.3 is 5.97 Å². The largest absolute Gasteiger partial charge is 0.493 e. The van der Waals surface area contributed by atoms with Gasteiger partial charge < -0.3 is 14.2 Å². The number of nitrogens with zero attached hydrogens (tertiary/aromatic N) is 2. The summed E-state index contributed by atoms with van der Waals surface area (Å²) in [4.78, 5) is 31.6. The first-order valence-corrected chi connectivity index (χ1v) is 12.1. The van der Waals surface area contributed by atoms with Crippen LogP contribution in [0.1, 0.15) is 49.0 Å². The van der Waals surface area contributed by atoms with Crippen molar-refractivity contribution in [3.05, 3.63) is 58.5 Å². The summed E-state index contributed by atoms with van der Waals surface area (Å²) in [6.45, 7) is 5.13. The third-order valence-electron chi connectivity index (χ3n) is 5.23. The molecule has 34 heavy (non-hydrogen) atoms. The van der Waals surface area contributed by atoms with E-state index in [0.717, 1.165) is 24.8 Å². The van der Waals surface area contributed by atoms with E-state index in [2.05, 4.69) is 11.9 Å². The molecule has 1 fully saturated rings. The summed E-state index contributed by atoms with van der Waals surface area (Å²) < 4.78 is 16.3. The predicted molar refractivity (Wildman–Crippen MR) is 136 cm³/mol. The number of esters is 1. The van der Waals surface area contributed by atoms with Gasteiger partial charge in [0.2, 0.25) is 0 Å². The number of carbonyl (C=O) groups excluding carboxylic acids is 2. The molecule has 3 rings (SSSR count). The Bertz CT molecular complexity index is 1080. The molecule has 1 aliphatic rings. The molecule has 2 aromatic carbocycles. The lowest BCUT2D eigenvalue weighted by molar-refractivity contribution is -0.122. The van der Waals surface area contributed by atoms with Gasteiger partial charge in [-0.15, -0.1) is 0 Å². The van der Waals surface area contributed by atoms with Gasteiger partial charge in [-0.25, -0.2) is 9.79 Å². The van der Waals surface area contributed by atoms with Crippen molar-refractivity contribution in [1.82, 2.24) is 4.90 Å². The molecular weight excluding hydrogens is 452 g/mol. The van der Waals surface area contributed by atoms with Crippen molar-refractivity contribution in [2.24, 2.45) is 4.99 Å². The van der Waals surface area contributed by atoms with Gasteiger partial charge in [0.25, 0.3) is 5.91 Å². The highest BCUT2D eigenvalue weighted by Gasteiger charge is 2.32. The number of methoxy groups -OCH3 is 2. The maximum absolute atomic E-state index is 13.1. The monoisotopic (exact) mass is 482 g/mol. The molecule has 0 unspecified atom stereocenters. The number of hydrogen-bond donors (Lipinski definition) is 0. The lowest BCUT2D eigenvalue weighted by Crippen LogP contribution is -2.28. The topological polar surface area (TPSA) is 77.4 Å². The number of likely N-dealkylation sites (N-methyl/N-ethyl adjacent to an activating group) is 1. The SMILES string of the molecule is CCCCCOc1c(/C=C2/SC(=Nc3ccc(C(=O)OC)cc3)N(CC)C2=O)cccc1OC. The highest BCUT2D eigenvalue weighted by atomic mass is 32.2. The molecular formula is C26H30N2O5S. The van der Waals surface area contributed by atoms with Crippen LogP contribution in [0.15, 0.2) is 52.4 Å². The molecule has 0 saturated carbocycles. The molecule has 180 valence electrons. The van der Waals surface area contributed by atoms with E-state index in [0.29, 0.717) is 46.0 Å². The molecule has 2 aromatic rings. The summed E-state index contributed by atoms with van der Waals surface area (Å²) in [5, 5.41) is 0.581. The van der Waals surface area contributed by atoms with Crippen molar-refractivity contribution in [2.45, 2.75) is 33.1 Å². The second kappa shape index (κ2) is 12.3. The third kappa shape index (κ3) is 5.99. The maximum atomic E-state index is 13.1. The number of amides is 1. The van der Waals surface area contributed by atoms with Crippen molar-refractivity contribution < 1.29 is 23.8 Å². The Hall–Kier alpha value is -3.26. The minimum absolute atomic E-state index is 0.114. The molecule has 1 saturated heterocycles. The summed E-state index contributed by atoms with van der Waals surface area (Å²) in [5.41, 5.74) is 1.87. The normalized spacial score (nSPS) is 15.8. The zero-order chi connectivity index (χ0) is 24.5. The summed E-state index contributed by atoms with van der Waals surface area (Å²) in [7, 11) is 2.95. The second-order valence-corrected chi connectivity index (χ2v) is 8.54. The van der Waals surface area contributed by atoms with Gasteiger partial charge in [0.05, 0.1) is 37.0 Å². The minimum Gasteiger partial charge on any atom is -0.493 e. The molecule has 0 bridgehead atoms. The fourth-order valence-corrected chi connectivity index (χ4v) is 4.45. The fraction of sp³-hybridized carbons (Fsp3) is 0.346. The first-order valence-electron chi connectivity index (χ1n) is 11.3. The van der Waals surface area contributed by atoms with Gasteiger partial charge in [-0.05, 0) is 61.5 Å². The Morgan fingerprint density at radius 2 is 1.85 bits per heavy atom. The smallest absolute Gasteiger partial charge is 0.337 e. The number of hydrogen-bond acceptors (Lipinski definition) is 7. The second-order valence-electron chi connectivity index (χ2n) is 7.53. The number of ether oxygens (including phenoxy) is 3. The number of para-hydroxylation sites is 1. The number of benzene rings is 2. The Balaban J connectivity index is 1.88. The first-order chi connectivity index (χ1) is 16.5. The van der Waals surface area contributed by atoms with Crippen LogP contribution in [0.5, 0.6) is 11.5 Å². The molecule has 0 spiro atoms. The zero-order valence-corrected chi connectivity index (χ0v) is 20.8. The van der Waals surface area contributed by atoms with E-state index in [1.807, 2.05) is 31.2 Å². The first kappa shape index (κ1) is 25.4. The van der Waals surface area contributed by atoms with Gasteiger partial charge in [0, 0.05) is 12.1 Å². The standard InChI is InChI=1S/C26H30N2O5S/c1-5-7-8-16-33-23-19(10-9-11-21(23)31-3)17-22-24(29)28(6-2)26(34-22)27-20-14-12-18(13-15-20)25(30)32-4/h9-15,17H,5-8,16H2,1-4H3/b22-17+,27-26?. The fourth-order valence-electron chi connectivity index (χ4n) is 3.40. The van der Waals surface area contributed by atoms with Crippen LogP contribution < -0.4 is 9.47 Å². The van der Waals surface area contributed by atoms with Crippen LogP contribution in [0.3, 0.4) is 0 Å². The molecule has 0 aliphatic carbocycles. The number of carbonyl (C=O) groups is 2. The number of thioether (sulfide) groups is 1. The highest BCUT2D eigenvalue weighted by Crippen LogP contribution is 2.38. The van der Waals surface area contributed by atoms with Gasteiger partial charge in [0.15, 0.2) is 16.7 Å². The van der Waals surface area contributed by atoms with Crippen molar-refractivity contribution in [3.8, 4) is 11.5 Å². The average Bonchev–Trinajstić information content (AvgIpc) is 3.15. The zero-order valence-electron chi connectivity index (χ0n) is 20.0. The van der Waals surface area contributed by atoms with Crippen molar-refractivity contribution in [3.63, 3.8) is 0 Å². The quantitative estimate of drug-likeness (QED) is 0.247. The Morgan fingerprint density at radius 3 is 2.50 bits per heavy atom. The van der Waals surface area contributed by atoms with Gasteiger partial charge in [0.1, 0.15) is 0 Å². The summed E-state index contributed by atoms with van der Waals surface area (Å²) in [5.74, 6) is 0.746. The molecule has 8 heteroatoms.